The van der Waals surface area contributed by atoms with Crippen molar-refractivity contribution in [2.45, 2.75) is 45.1 Å². The van der Waals surface area contributed by atoms with Crippen molar-refractivity contribution in [1.82, 2.24) is 24.9 Å². The Morgan fingerprint density at radius 3 is 2.96 bits per heavy atom. The number of nitrogens with zero attached hydrogens (tertiary/aromatic N) is 5. The monoisotopic (exact) mass is 375 g/mol. The van der Waals surface area contributed by atoms with Gasteiger partial charge in [0.05, 0.1) is 16.8 Å². The maximum absolute atomic E-state index is 13.3. The molecule has 1 aliphatic heterocycles. The third-order valence-corrected chi connectivity index (χ3v) is 5.93. The van der Waals surface area contributed by atoms with Crippen LogP contribution in [0.5, 0.6) is 0 Å². The van der Waals surface area contributed by atoms with E-state index in [0.29, 0.717) is 11.8 Å². The van der Waals surface area contributed by atoms with Crippen LogP contribution in [0, 0.1) is 12.8 Å². The second kappa shape index (κ2) is 7.00. The minimum Gasteiger partial charge on any atom is -0.338 e. The summed E-state index contributed by atoms with van der Waals surface area (Å²) >= 11 is 0. The van der Waals surface area contributed by atoms with Gasteiger partial charge in [-0.05, 0) is 56.7 Å². The third kappa shape index (κ3) is 3.39. The molecule has 0 N–H and O–H groups in total. The van der Waals surface area contributed by atoms with E-state index in [1.54, 1.807) is 6.20 Å². The van der Waals surface area contributed by atoms with Crippen LogP contribution in [0.25, 0.3) is 10.9 Å². The zero-order valence-corrected chi connectivity index (χ0v) is 16.2. The molecule has 1 saturated carbocycles. The van der Waals surface area contributed by atoms with Crippen LogP contribution in [0.4, 0.5) is 0 Å². The normalized spacial score (nSPS) is 19.9. The van der Waals surface area contributed by atoms with E-state index < -0.39 is 0 Å². The lowest BCUT2D eigenvalue weighted by atomic mass is 9.96. The Morgan fingerprint density at radius 2 is 2.11 bits per heavy atom. The number of carbonyl (C=O) groups excluding carboxylic acids is 1. The van der Waals surface area contributed by atoms with E-state index in [2.05, 4.69) is 27.6 Å². The molecule has 2 aromatic heterocycles. The summed E-state index contributed by atoms with van der Waals surface area (Å²) in [5.41, 5.74) is 3.90. The molecular weight excluding hydrogens is 350 g/mol. The summed E-state index contributed by atoms with van der Waals surface area (Å²) < 4.78 is 1.97. The van der Waals surface area contributed by atoms with Crippen molar-refractivity contribution in [3.05, 3.63) is 53.5 Å². The predicted molar refractivity (Wildman–Crippen MR) is 107 cm³/mol. The maximum atomic E-state index is 13.3. The number of amides is 1. The highest BCUT2D eigenvalue weighted by molar-refractivity contribution is 6.06. The zero-order chi connectivity index (χ0) is 19.1. The van der Waals surface area contributed by atoms with Crippen LogP contribution < -0.4 is 0 Å². The number of benzene rings is 1. The van der Waals surface area contributed by atoms with Crippen LogP contribution in [-0.4, -0.2) is 43.9 Å². The van der Waals surface area contributed by atoms with E-state index in [1.165, 1.54) is 12.8 Å². The number of rotatable bonds is 4. The van der Waals surface area contributed by atoms with E-state index in [9.17, 15) is 4.79 Å². The number of hydrogen-bond donors (Lipinski definition) is 0. The Labute approximate surface area is 164 Å². The number of piperidine rings is 1. The minimum atomic E-state index is 0.111. The van der Waals surface area contributed by atoms with Gasteiger partial charge in [-0.3, -0.25) is 14.5 Å². The molecule has 5 rings (SSSR count). The van der Waals surface area contributed by atoms with Crippen molar-refractivity contribution < 1.29 is 4.79 Å². The van der Waals surface area contributed by atoms with Crippen LogP contribution in [0.3, 0.4) is 0 Å². The fourth-order valence-corrected chi connectivity index (χ4v) is 4.25. The number of hydrogen-bond acceptors (Lipinski definition) is 4. The molecule has 1 aromatic carbocycles. The molecule has 1 amide bonds. The van der Waals surface area contributed by atoms with Crippen LogP contribution in [0.1, 0.15) is 53.2 Å². The summed E-state index contributed by atoms with van der Waals surface area (Å²) in [6, 6.07) is 7.94. The summed E-state index contributed by atoms with van der Waals surface area (Å²) in [6.45, 7) is 4.47. The lowest BCUT2D eigenvalue weighted by Gasteiger charge is -2.33. The van der Waals surface area contributed by atoms with E-state index in [1.807, 2.05) is 34.7 Å². The van der Waals surface area contributed by atoms with Gasteiger partial charge in [0.25, 0.3) is 5.91 Å². The van der Waals surface area contributed by atoms with E-state index in [0.717, 1.165) is 60.2 Å². The molecule has 0 unspecified atom stereocenters. The number of likely N-dealkylation sites (tertiary alicyclic amines) is 1. The van der Waals surface area contributed by atoms with Crippen LogP contribution in [0.2, 0.25) is 0 Å². The Morgan fingerprint density at radius 1 is 1.21 bits per heavy atom. The van der Waals surface area contributed by atoms with Gasteiger partial charge in [0.1, 0.15) is 0 Å². The molecule has 2 fully saturated rings. The highest BCUT2D eigenvalue weighted by atomic mass is 16.2. The maximum Gasteiger partial charge on any atom is 0.254 e. The molecule has 28 heavy (non-hydrogen) atoms. The molecule has 0 spiro atoms. The van der Waals surface area contributed by atoms with Crippen LogP contribution in [0.15, 0.2) is 36.7 Å². The van der Waals surface area contributed by atoms with Crippen LogP contribution >= 0.6 is 0 Å². The lowest BCUT2D eigenvalue weighted by molar-refractivity contribution is 0.0661. The first-order valence-electron chi connectivity index (χ1n) is 10.2. The van der Waals surface area contributed by atoms with Crippen molar-refractivity contribution in [3.8, 4) is 0 Å². The average molecular weight is 375 g/mol. The number of aromatic nitrogens is 4. The lowest BCUT2D eigenvalue weighted by Crippen LogP contribution is -2.41. The fraction of sp³-hybridized carbons (Fsp3) is 0.455. The predicted octanol–water partition coefficient (Wildman–Crippen LogP) is 3.56. The van der Waals surface area contributed by atoms with Gasteiger partial charge in [0, 0.05) is 43.3 Å². The Bertz CT molecular complexity index is 1020. The van der Waals surface area contributed by atoms with Gasteiger partial charge in [-0.1, -0.05) is 16.8 Å². The van der Waals surface area contributed by atoms with Crippen molar-refractivity contribution in [3.63, 3.8) is 0 Å². The molecule has 6 nitrogen and oxygen atoms in total. The van der Waals surface area contributed by atoms with E-state index >= 15 is 0 Å². The van der Waals surface area contributed by atoms with E-state index in [4.69, 9.17) is 0 Å². The fourth-order valence-electron chi connectivity index (χ4n) is 4.25. The standard InChI is InChI=1S/C22H25N5O/c1-15-4-7-20-19(11-15)18(8-9-23-20)22(28)26-10-2-3-16(12-26)13-27-14-21(24-25-27)17-5-6-17/h4,7-9,11,14,16-17H,2-3,5-6,10,12-13H2,1H3/t16-/m0/s1. The quantitative estimate of drug-likeness (QED) is 0.699. The molecule has 3 heterocycles. The van der Waals surface area contributed by atoms with Gasteiger partial charge < -0.3 is 4.90 Å². The first-order valence-corrected chi connectivity index (χ1v) is 10.2. The number of fused-ring (bicyclic) bond motifs is 1. The van der Waals surface area contributed by atoms with Gasteiger partial charge in [0.2, 0.25) is 0 Å². The van der Waals surface area contributed by atoms with Gasteiger partial charge in [-0.2, -0.15) is 0 Å². The molecule has 0 bridgehead atoms. The Hall–Kier alpha value is -2.76. The Balaban J connectivity index is 1.33. The first kappa shape index (κ1) is 17.3. The van der Waals surface area contributed by atoms with Gasteiger partial charge >= 0.3 is 0 Å². The van der Waals surface area contributed by atoms with Crippen molar-refractivity contribution in [1.29, 1.82) is 0 Å². The first-order chi connectivity index (χ1) is 13.7. The number of aryl methyl sites for hydroxylation is 1. The van der Waals surface area contributed by atoms with Gasteiger partial charge in [0.15, 0.2) is 0 Å². The smallest absolute Gasteiger partial charge is 0.254 e. The Kier molecular flexibility index (Phi) is 4.34. The highest BCUT2D eigenvalue weighted by Crippen LogP contribution is 2.38. The van der Waals surface area contributed by atoms with Gasteiger partial charge in [-0.15, -0.1) is 5.10 Å². The minimum absolute atomic E-state index is 0.111. The largest absolute Gasteiger partial charge is 0.338 e. The van der Waals surface area contributed by atoms with Crippen LogP contribution in [-0.2, 0) is 6.54 Å². The number of pyridine rings is 1. The molecule has 3 aromatic rings. The highest BCUT2D eigenvalue weighted by Gasteiger charge is 2.28. The molecule has 1 atom stereocenters. The molecule has 6 heteroatoms. The van der Waals surface area contributed by atoms with Crippen molar-refractivity contribution in [2.24, 2.45) is 5.92 Å². The molecule has 144 valence electrons. The SMILES string of the molecule is Cc1ccc2nccc(C(=O)N3CCC[C@H](Cn4cc(C5CC5)nn4)C3)c2c1. The second-order valence-corrected chi connectivity index (χ2v) is 8.28. The molecule has 2 aliphatic rings. The summed E-state index contributed by atoms with van der Waals surface area (Å²) in [4.78, 5) is 19.7. The molecule has 0 radical (unpaired) electrons. The number of carbonyl (C=O) groups is 1. The van der Waals surface area contributed by atoms with Crippen molar-refractivity contribution >= 4 is 16.8 Å². The second-order valence-electron chi connectivity index (χ2n) is 8.28. The van der Waals surface area contributed by atoms with E-state index in [-0.39, 0.29) is 5.91 Å². The average Bonchev–Trinajstić information content (AvgIpc) is 3.46. The summed E-state index contributed by atoms with van der Waals surface area (Å²) in [6.07, 6.45) is 8.47. The molecular formula is C22H25N5O. The summed E-state index contributed by atoms with van der Waals surface area (Å²) in [5.74, 6) is 1.16. The molecule has 1 saturated heterocycles. The third-order valence-electron chi connectivity index (χ3n) is 5.93. The summed E-state index contributed by atoms with van der Waals surface area (Å²) in [5, 5.41) is 9.56. The van der Waals surface area contributed by atoms with Crippen molar-refractivity contribution in [2.75, 3.05) is 13.1 Å². The van der Waals surface area contributed by atoms with Gasteiger partial charge in [-0.25, -0.2) is 0 Å². The molecule has 1 aliphatic carbocycles. The topological polar surface area (TPSA) is 63.9 Å². The zero-order valence-electron chi connectivity index (χ0n) is 16.2. The summed E-state index contributed by atoms with van der Waals surface area (Å²) in [7, 11) is 0.